The van der Waals surface area contributed by atoms with E-state index in [4.69, 9.17) is 0 Å². The minimum absolute atomic E-state index is 0.0400. The largest absolute Gasteiger partial charge is 0.363 e. The Morgan fingerprint density at radius 1 is 1.23 bits per heavy atom. The molecule has 1 saturated carbocycles. The van der Waals surface area contributed by atoms with Gasteiger partial charge in [0.1, 0.15) is 12.0 Å². The number of rotatable bonds is 5. The average Bonchev–Trinajstić information content (AvgIpc) is 3.08. The third-order valence-electron chi connectivity index (χ3n) is 4.18. The van der Waals surface area contributed by atoms with E-state index in [1.165, 1.54) is 27.5 Å². The molecule has 0 bridgehead atoms. The van der Waals surface area contributed by atoms with Crippen LogP contribution in [0.5, 0.6) is 0 Å². The Morgan fingerprint density at radius 2 is 2.04 bits per heavy atom. The van der Waals surface area contributed by atoms with Gasteiger partial charge in [0.05, 0.1) is 0 Å². The molecule has 5 rings (SSSR count). The van der Waals surface area contributed by atoms with E-state index in [1.54, 1.807) is 11.6 Å². The minimum Gasteiger partial charge on any atom is -0.358 e. The van der Waals surface area contributed by atoms with Crippen LogP contribution in [0.2, 0.25) is 0 Å². The first-order valence-electron chi connectivity index (χ1n) is 8.01. The van der Waals surface area contributed by atoms with Crippen LogP contribution in [0, 0.1) is 10.1 Å². The van der Waals surface area contributed by atoms with Gasteiger partial charge in [-0.3, -0.25) is 4.57 Å². The van der Waals surface area contributed by atoms with Gasteiger partial charge >= 0.3 is 5.82 Å². The van der Waals surface area contributed by atoms with Crippen LogP contribution < -0.4 is 0 Å². The third-order valence-corrected chi connectivity index (χ3v) is 5.85. The second-order valence-electron chi connectivity index (χ2n) is 5.94. The maximum atomic E-state index is 11.6. The average molecular weight is 384 g/mol. The molecule has 0 atom stereocenters. The fraction of sp³-hybridized carbons (Fsp3) is 0.188. The van der Waals surface area contributed by atoms with E-state index in [1.807, 2.05) is 34.9 Å². The summed E-state index contributed by atoms with van der Waals surface area (Å²) in [6, 6.07) is 9.83. The second kappa shape index (κ2) is 5.92. The fourth-order valence-electron chi connectivity index (χ4n) is 2.85. The molecular weight excluding hydrogens is 372 g/mol. The monoisotopic (exact) mass is 384 g/mol. The highest BCUT2D eigenvalue weighted by Crippen LogP contribution is 2.43. The number of thiazole rings is 1. The Hall–Kier alpha value is -2.72. The highest BCUT2D eigenvalue weighted by molar-refractivity contribution is 7.99. The molecule has 0 amide bonds. The van der Waals surface area contributed by atoms with Gasteiger partial charge in [0.25, 0.3) is 4.96 Å². The SMILES string of the molecule is O=[N+]([O-])c1c(Sc2nnc(C3CC3)n2-c2ccccc2)nc2sccn12. The molecule has 1 fully saturated rings. The Morgan fingerprint density at radius 3 is 2.77 bits per heavy atom. The van der Waals surface area contributed by atoms with Crippen LogP contribution in [0.15, 0.2) is 52.1 Å². The highest BCUT2D eigenvalue weighted by atomic mass is 32.2. The number of hydrogen-bond acceptors (Lipinski definition) is 7. The summed E-state index contributed by atoms with van der Waals surface area (Å²) in [4.78, 5) is 16.2. The molecule has 3 aromatic heterocycles. The molecule has 1 aromatic carbocycles. The van der Waals surface area contributed by atoms with Crippen molar-refractivity contribution in [1.82, 2.24) is 24.1 Å². The van der Waals surface area contributed by atoms with Crippen LogP contribution in [0.1, 0.15) is 24.6 Å². The number of aromatic nitrogens is 5. The van der Waals surface area contributed by atoms with Crippen molar-refractivity contribution >= 4 is 33.9 Å². The smallest absolute Gasteiger partial charge is 0.358 e. The third kappa shape index (κ3) is 2.49. The summed E-state index contributed by atoms with van der Waals surface area (Å²) < 4.78 is 3.48. The van der Waals surface area contributed by atoms with Crippen molar-refractivity contribution in [2.45, 2.75) is 28.9 Å². The number of para-hydroxylation sites is 1. The van der Waals surface area contributed by atoms with E-state index in [2.05, 4.69) is 15.2 Å². The van der Waals surface area contributed by atoms with Gasteiger partial charge in [-0.05, 0) is 41.7 Å². The van der Waals surface area contributed by atoms with E-state index < -0.39 is 4.92 Å². The Balaban J connectivity index is 1.63. The normalized spacial score (nSPS) is 14.2. The zero-order valence-corrected chi connectivity index (χ0v) is 15.0. The molecule has 0 radical (unpaired) electrons. The number of hydrogen-bond donors (Lipinski definition) is 0. The van der Waals surface area contributed by atoms with Crippen molar-refractivity contribution in [1.29, 1.82) is 0 Å². The van der Waals surface area contributed by atoms with Gasteiger partial charge in [0.2, 0.25) is 10.2 Å². The number of imidazole rings is 1. The van der Waals surface area contributed by atoms with E-state index in [0.29, 0.717) is 21.1 Å². The molecule has 8 nitrogen and oxygen atoms in total. The summed E-state index contributed by atoms with van der Waals surface area (Å²) >= 11 is 2.55. The first kappa shape index (κ1) is 15.5. The maximum absolute atomic E-state index is 11.6. The van der Waals surface area contributed by atoms with Crippen LogP contribution in [-0.2, 0) is 0 Å². The number of nitro groups is 1. The lowest BCUT2D eigenvalue weighted by atomic mass is 10.3. The van der Waals surface area contributed by atoms with Gasteiger partial charge in [0, 0.05) is 17.0 Å². The zero-order valence-electron chi connectivity index (χ0n) is 13.3. The quantitative estimate of drug-likeness (QED) is 0.383. The van der Waals surface area contributed by atoms with Crippen molar-refractivity contribution in [3.05, 3.63) is 57.8 Å². The summed E-state index contributed by atoms with van der Waals surface area (Å²) in [5, 5.41) is 22.9. The Kier molecular flexibility index (Phi) is 3.54. The number of benzene rings is 1. The van der Waals surface area contributed by atoms with E-state index in [0.717, 1.165) is 24.4 Å². The molecular formula is C16H12N6O2S2. The van der Waals surface area contributed by atoms with Gasteiger partial charge in [-0.1, -0.05) is 29.5 Å². The Bertz CT molecular complexity index is 1110. The zero-order chi connectivity index (χ0) is 17.7. The molecule has 0 aliphatic heterocycles. The summed E-state index contributed by atoms with van der Waals surface area (Å²) in [5.41, 5.74) is 0.950. The van der Waals surface area contributed by atoms with Crippen LogP contribution in [0.3, 0.4) is 0 Å². The molecule has 0 saturated heterocycles. The predicted molar refractivity (Wildman–Crippen MR) is 97.2 cm³/mol. The molecule has 4 aromatic rings. The highest BCUT2D eigenvalue weighted by Gasteiger charge is 2.32. The van der Waals surface area contributed by atoms with Crippen molar-refractivity contribution in [3.8, 4) is 5.69 Å². The molecule has 130 valence electrons. The van der Waals surface area contributed by atoms with Crippen molar-refractivity contribution in [2.75, 3.05) is 0 Å². The summed E-state index contributed by atoms with van der Waals surface area (Å²) in [6.07, 6.45) is 3.85. The van der Waals surface area contributed by atoms with Gasteiger partial charge in [-0.15, -0.1) is 10.2 Å². The lowest BCUT2D eigenvalue weighted by molar-refractivity contribution is -0.393. The molecule has 0 spiro atoms. The predicted octanol–water partition coefficient (Wildman–Crippen LogP) is 3.91. The van der Waals surface area contributed by atoms with Crippen LogP contribution in [0.4, 0.5) is 5.82 Å². The lowest BCUT2D eigenvalue weighted by Gasteiger charge is -2.08. The molecule has 10 heteroatoms. The summed E-state index contributed by atoms with van der Waals surface area (Å²) in [5.74, 6) is 1.27. The standard InChI is InChI=1S/C16H12N6O2S2/c23-22(24)14-13(17-15-20(14)8-9-25-15)26-16-19-18-12(10-6-7-10)21(16)11-4-2-1-3-5-11/h1-5,8-10H,6-7H2. The van der Waals surface area contributed by atoms with Crippen molar-refractivity contribution < 1.29 is 4.92 Å². The Labute approximate surface area is 155 Å². The first-order chi connectivity index (χ1) is 12.7. The summed E-state index contributed by atoms with van der Waals surface area (Å²) in [7, 11) is 0. The van der Waals surface area contributed by atoms with Gasteiger partial charge in [0.15, 0.2) is 0 Å². The second-order valence-corrected chi connectivity index (χ2v) is 7.77. The molecule has 1 aliphatic rings. The van der Waals surface area contributed by atoms with Crippen LogP contribution in [-0.4, -0.2) is 29.1 Å². The van der Waals surface area contributed by atoms with Gasteiger partial charge in [-0.25, -0.2) is 0 Å². The van der Waals surface area contributed by atoms with E-state index >= 15 is 0 Å². The molecule has 26 heavy (non-hydrogen) atoms. The lowest BCUT2D eigenvalue weighted by Crippen LogP contribution is -2.01. The first-order valence-corrected chi connectivity index (χ1v) is 9.70. The van der Waals surface area contributed by atoms with Crippen LogP contribution >= 0.6 is 23.1 Å². The number of nitrogens with zero attached hydrogens (tertiary/aromatic N) is 6. The van der Waals surface area contributed by atoms with Crippen LogP contribution in [0.25, 0.3) is 10.6 Å². The van der Waals surface area contributed by atoms with Gasteiger partial charge < -0.3 is 10.1 Å². The van der Waals surface area contributed by atoms with Crippen molar-refractivity contribution in [2.24, 2.45) is 0 Å². The summed E-state index contributed by atoms with van der Waals surface area (Å²) in [6.45, 7) is 0. The van der Waals surface area contributed by atoms with E-state index in [-0.39, 0.29) is 5.82 Å². The molecule has 1 aliphatic carbocycles. The molecule has 3 heterocycles. The van der Waals surface area contributed by atoms with E-state index in [9.17, 15) is 10.1 Å². The van der Waals surface area contributed by atoms with Crippen molar-refractivity contribution in [3.63, 3.8) is 0 Å². The molecule has 0 unspecified atom stereocenters. The number of fused-ring (bicyclic) bond motifs is 1. The molecule has 0 N–H and O–H groups in total. The topological polar surface area (TPSA) is 91.1 Å². The maximum Gasteiger partial charge on any atom is 0.363 e. The minimum atomic E-state index is -0.403. The van der Waals surface area contributed by atoms with Gasteiger partial charge in [-0.2, -0.15) is 9.38 Å². The fourth-order valence-corrected chi connectivity index (χ4v) is 4.56.